The van der Waals surface area contributed by atoms with Crippen LogP contribution >= 0.6 is 0 Å². The molecule has 0 bridgehead atoms. The first-order chi connectivity index (χ1) is 18.0. The minimum absolute atomic E-state index is 0. The number of aliphatic hydroxyl groups excluding tert-OH is 6. The third kappa shape index (κ3) is 23.3. The van der Waals surface area contributed by atoms with E-state index in [4.69, 9.17) is 15.3 Å². The van der Waals surface area contributed by atoms with Crippen LogP contribution in [-0.4, -0.2) is 124 Å². The zero-order chi connectivity index (χ0) is 31.3. The van der Waals surface area contributed by atoms with Crippen LogP contribution in [0.5, 0.6) is 0 Å². The standard InChI is InChI=1S/3C9H17NO3.Fe/c3*1-7(2)8(12)6-9(13)10(3)4-5-11;/h3*6-7,11-12H,4-5H2,1-3H3;. The summed E-state index contributed by atoms with van der Waals surface area (Å²) in [6.45, 7) is 11.4. The van der Waals surface area contributed by atoms with Crippen molar-refractivity contribution >= 4 is 17.7 Å². The number of likely N-dealkylation sites (N-methyl/N-ethyl adjacent to an activating group) is 3. The molecule has 0 saturated heterocycles. The molecule has 236 valence electrons. The van der Waals surface area contributed by atoms with Crippen LogP contribution in [0.1, 0.15) is 41.5 Å². The number of amides is 3. The van der Waals surface area contributed by atoms with Crippen molar-refractivity contribution < 1.29 is 62.1 Å². The maximum Gasteiger partial charge on any atom is 0.249 e. The van der Waals surface area contributed by atoms with E-state index in [1.807, 2.05) is 0 Å². The summed E-state index contributed by atoms with van der Waals surface area (Å²) < 4.78 is 0. The number of hydrogen-bond acceptors (Lipinski definition) is 9. The minimum atomic E-state index is -0.291. The van der Waals surface area contributed by atoms with Crippen molar-refractivity contribution in [2.45, 2.75) is 41.5 Å². The summed E-state index contributed by atoms with van der Waals surface area (Å²) >= 11 is 0. The van der Waals surface area contributed by atoms with Crippen molar-refractivity contribution in [2.24, 2.45) is 17.8 Å². The van der Waals surface area contributed by atoms with Gasteiger partial charge in [-0.25, -0.2) is 0 Å². The smallest absolute Gasteiger partial charge is 0.249 e. The molecule has 0 spiro atoms. The van der Waals surface area contributed by atoms with Gasteiger partial charge in [0.1, 0.15) is 17.3 Å². The number of nitrogens with zero attached hydrogens (tertiary/aromatic N) is 3. The van der Waals surface area contributed by atoms with Gasteiger partial charge < -0.3 is 45.3 Å². The van der Waals surface area contributed by atoms with Gasteiger partial charge in [0.15, 0.2) is 0 Å². The van der Waals surface area contributed by atoms with Crippen molar-refractivity contribution in [3.63, 3.8) is 0 Å². The fraction of sp³-hybridized carbons (Fsp3) is 0.667. The molecule has 0 aliphatic heterocycles. The minimum Gasteiger partial charge on any atom is -0.512 e. The Bertz CT molecular complexity index is 708. The maximum absolute atomic E-state index is 11.2. The van der Waals surface area contributed by atoms with Gasteiger partial charge in [0.2, 0.25) is 17.7 Å². The van der Waals surface area contributed by atoms with Gasteiger partial charge in [-0.15, -0.1) is 0 Å². The van der Waals surface area contributed by atoms with Crippen LogP contribution in [0.4, 0.5) is 0 Å². The second-order valence-electron chi connectivity index (χ2n) is 9.62. The van der Waals surface area contributed by atoms with Crippen LogP contribution in [-0.2, 0) is 31.5 Å². The fourth-order valence-electron chi connectivity index (χ4n) is 1.99. The van der Waals surface area contributed by atoms with Gasteiger partial charge in [0.05, 0.1) is 19.8 Å². The van der Waals surface area contributed by atoms with Gasteiger partial charge >= 0.3 is 0 Å². The molecule has 0 rings (SSSR count). The summed E-state index contributed by atoms with van der Waals surface area (Å²) in [5.41, 5.74) is 0. The van der Waals surface area contributed by atoms with E-state index < -0.39 is 0 Å². The van der Waals surface area contributed by atoms with Gasteiger partial charge in [-0.2, -0.15) is 0 Å². The van der Waals surface area contributed by atoms with Gasteiger partial charge in [0, 0.05) is 93.8 Å². The Hall–Kier alpha value is -2.57. The molecular weight excluding hydrogens is 566 g/mol. The summed E-state index contributed by atoms with van der Waals surface area (Å²) in [7, 11) is 4.72. The molecule has 12 nitrogen and oxygen atoms in total. The Balaban J connectivity index is -0.000000240. The molecule has 0 unspecified atom stereocenters. The number of carbonyl (C=O) groups is 3. The van der Waals surface area contributed by atoms with Crippen molar-refractivity contribution in [1.82, 2.24) is 14.7 Å². The van der Waals surface area contributed by atoms with E-state index in [0.717, 1.165) is 0 Å². The average molecular weight is 618 g/mol. The summed E-state index contributed by atoms with van der Waals surface area (Å²) in [5, 5.41) is 53.5. The number of hydrogen-bond donors (Lipinski definition) is 6. The molecule has 0 atom stereocenters. The first-order valence-electron chi connectivity index (χ1n) is 12.8. The molecule has 0 aromatic rings. The SMILES string of the molecule is CC(C)C(O)=CC(=O)N(C)CCO.CC(C)C(O)=CC(=O)N(C)CCO.CC(C)C(O)=CC(=O)N(C)CCO.[Fe]. The third-order valence-electron chi connectivity index (χ3n) is 5.02. The summed E-state index contributed by atoms with van der Waals surface area (Å²) in [4.78, 5) is 37.7. The molecule has 0 aliphatic rings. The van der Waals surface area contributed by atoms with Crippen molar-refractivity contribution in [3.8, 4) is 0 Å². The largest absolute Gasteiger partial charge is 0.512 e. The number of carbonyl (C=O) groups excluding carboxylic acids is 3. The number of rotatable bonds is 12. The summed E-state index contributed by atoms with van der Waals surface area (Å²) in [6.07, 6.45) is 3.54. The van der Waals surface area contributed by atoms with Crippen molar-refractivity contribution in [3.05, 3.63) is 35.5 Å². The topological polar surface area (TPSA) is 182 Å². The van der Waals surface area contributed by atoms with E-state index in [2.05, 4.69) is 0 Å². The Morgan fingerprint density at radius 2 is 0.700 bits per heavy atom. The van der Waals surface area contributed by atoms with Crippen LogP contribution in [0.3, 0.4) is 0 Å². The molecule has 0 heterocycles. The van der Waals surface area contributed by atoms with E-state index in [9.17, 15) is 29.7 Å². The molecule has 13 heteroatoms. The van der Waals surface area contributed by atoms with Crippen molar-refractivity contribution in [2.75, 3.05) is 60.6 Å². The molecule has 0 aromatic heterocycles. The molecule has 3 amide bonds. The molecule has 40 heavy (non-hydrogen) atoms. The molecule has 0 radical (unpaired) electrons. The van der Waals surface area contributed by atoms with E-state index >= 15 is 0 Å². The average Bonchev–Trinajstić information content (AvgIpc) is 2.84. The van der Waals surface area contributed by atoms with E-state index in [1.165, 1.54) is 32.9 Å². The normalized spacial score (nSPS) is 11.6. The van der Waals surface area contributed by atoms with Crippen LogP contribution < -0.4 is 0 Å². The first-order valence-corrected chi connectivity index (χ1v) is 12.8. The summed E-state index contributed by atoms with van der Waals surface area (Å²) in [6, 6.07) is 0. The van der Waals surface area contributed by atoms with E-state index in [0.29, 0.717) is 0 Å². The predicted molar refractivity (Wildman–Crippen MR) is 151 cm³/mol. The second kappa shape index (κ2) is 25.4. The molecular formula is C27H51FeN3O9. The van der Waals surface area contributed by atoms with Crippen molar-refractivity contribution in [1.29, 1.82) is 0 Å². The molecule has 0 aliphatic carbocycles. The maximum atomic E-state index is 11.2. The molecule has 0 saturated carbocycles. The second-order valence-corrected chi connectivity index (χ2v) is 9.62. The van der Waals surface area contributed by atoms with E-state index in [-0.39, 0.29) is 109 Å². The Morgan fingerprint density at radius 3 is 0.825 bits per heavy atom. The zero-order valence-corrected chi connectivity index (χ0v) is 26.4. The van der Waals surface area contributed by atoms with Crippen LogP contribution in [0.25, 0.3) is 0 Å². The molecule has 6 N–H and O–H groups in total. The van der Waals surface area contributed by atoms with Gasteiger partial charge in [-0.1, -0.05) is 41.5 Å². The fourth-order valence-corrected chi connectivity index (χ4v) is 1.99. The van der Waals surface area contributed by atoms with E-state index in [1.54, 1.807) is 62.7 Å². The predicted octanol–water partition coefficient (Wildman–Crippen LogP) is 1.60. The van der Waals surface area contributed by atoms with Crippen LogP contribution in [0.15, 0.2) is 35.5 Å². The monoisotopic (exact) mass is 617 g/mol. The Kier molecular flexibility index (Phi) is 28.2. The number of allylic oxidation sites excluding steroid dienone is 3. The van der Waals surface area contributed by atoms with Crippen LogP contribution in [0, 0.1) is 17.8 Å². The van der Waals surface area contributed by atoms with Gasteiger partial charge in [0.25, 0.3) is 0 Å². The quantitative estimate of drug-likeness (QED) is 0.108. The number of aliphatic hydroxyl groups is 6. The molecule has 0 fully saturated rings. The Labute approximate surface area is 249 Å². The Morgan fingerprint density at radius 1 is 0.525 bits per heavy atom. The molecule has 0 aromatic carbocycles. The van der Waals surface area contributed by atoms with Crippen LogP contribution in [0.2, 0.25) is 0 Å². The zero-order valence-electron chi connectivity index (χ0n) is 25.3. The first kappa shape index (κ1) is 44.4. The third-order valence-corrected chi connectivity index (χ3v) is 5.02. The summed E-state index contributed by atoms with van der Waals surface area (Å²) in [5.74, 6) is -0.829. The van der Waals surface area contributed by atoms with Gasteiger partial charge in [-0.3, -0.25) is 14.4 Å². The van der Waals surface area contributed by atoms with Gasteiger partial charge in [-0.05, 0) is 0 Å².